The van der Waals surface area contributed by atoms with Gasteiger partial charge in [-0.05, 0) is 67.0 Å². The zero-order valence-corrected chi connectivity index (χ0v) is 17.7. The molecule has 2 atom stereocenters. The molecule has 4 aromatic rings. The number of anilines is 1. The molecule has 31 heavy (non-hydrogen) atoms. The van der Waals surface area contributed by atoms with Crippen LogP contribution < -0.4 is 5.32 Å². The van der Waals surface area contributed by atoms with Gasteiger partial charge in [-0.25, -0.2) is 9.97 Å². The monoisotopic (exact) mass is 411 g/mol. The summed E-state index contributed by atoms with van der Waals surface area (Å²) < 4.78 is 0. The lowest BCUT2D eigenvalue weighted by Crippen LogP contribution is -2.26. The second kappa shape index (κ2) is 7.95. The predicted molar refractivity (Wildman–Crippen MR) is 122 cm³/mol. The van der Waals surface area contributed by atoms with Crippen molar-refractivity contribution in [3.8, 4) is 11.1 Å². The van der Waals surface area contributed by atoms with Crippen LogP contribution in [-0.2, 0) is 4.79 Å². The largest absolute Gasteiger partial charge is 0.294 e. The lowest BCUT2D eigenvalue weighted by molar-refractivity contribution is -0.120. The van der Waals surface area contributed by atoms with Crippen LogP contribution in [0.25, 0.3) is 22.0 Å². The van der Waals surface area contributed by atoms with Gasteiger partial charge in [-0.2, -0.15) is 5.10 Å². The second-order valence-corrected chi connectivity index (χ2v) is 8.41. The number of hydrogen-bond donors (Lipinski definition) is 2. The van der Waals surface area contributed by atoms with E-state index in [1.54, 1.807) is 12.4 Å². The Morgan fingerprint density at radius 2 is 1.84 bits per heavy atom. The Hall–Kier alpha value is -3.54. The molecular formula is C25H25N5O. The highest BCUT2D eigenvalue weighted by Gasteiger charge is 2.35. The zero-order valence-electron chi connectivity index (χ0n) is 17.7. The Bertz CT molecular complexity index is 1240. The van der Waals surface area contributed by atoms with Crippen molar-refractivity contribution >= 4 is 22.8 Å². The number of hydrogen-bond acceptors (Lipinski definition) is 4. The van der Waals surface area contributed by atoms with Gasteiger partial charge >= 0.3 is 0 Å². The number of nitrogens with zero attached hydrogens (tertiary/aromatic N) is 3. The summed E-state index contributed by atoms with van der Waals surface area (Å²) in [4.78, 5) is 21.9. The Balaban J connectivity index is 1.34. The smallest absolute Gasteiger partial charge is 0.230 e. The molecule has 0 spiro atoms. The summed E-state index contributed by atoms with van der Waals surface area (Å²) in [5.41, 5.74) is 6.66. The number of aromatic nitrogens is 4. The van der Waals surface area contributed by atoms with Crippen molar-refractivity contribution < 1.29 is 4.79 Å². The zero-order chi connectivity index (χ0) is 21.4. The van der Waals surface area contributed by atoms with Gasteiger partial charge in [0.15, 0.2) is 0 Å². The molecule has 0 aliphatic heterocycles. The van der Waals surface area contributed by atoms with Crippen LogP contribution in [0.2, 0.25) is 0 Å². The fourth-order valence-corrected chi connectivity index (χ4v) is 4.80. The summed E-state index contributed by atoms with van der Waals surface area (Å²) in [6.07, 6.45) is 8.30. The van der Waals surface area contributed by atoms with Crippen molar-refractivity contribution in [2.45, 2.75) is 39.0 Å². The van der Waals surface area contributed by atoms with E-state index in [1.807, 2.05) is 24.4 Å². The molecule has 6 heteroatoms. The van der Waals surface area contributed by atoms with Crippen LogP contribution in [0.3, 0.4) is 0 Å². The van der Waals surface area contributed by atoms with Crippen molar-refractivity contribution in [3.63, 3.8) is 0 Å². The summed E-state index contributed by atoms with van der Waals surface area (Å²) in [7, 11) is 0. The second-order valence-electron chi connectivity index (χ2n) is 8.41. The molecule has 0 saturated heterocycles. The number of fused-ring (bicyclic) bond motifs is 1. The maximum absolute atomic E-state index is 13.1. The molecule has 5 rings (SSSR count). The van der Waals surface area contributed by atoms with Crippen LogP contribution in [-0.4, -0.2) is 26.1 Å². The summed E-state index contributed by atoms with van der Waals surface area (Å²) in [6, 6.07) is 12.4. The number of aromatic amines is 1. The quantitative estimate of drug-likeness (QED) is 0.486. The number of amides is 1. The minimum Gasteiger partial charge on any atom is -0.294 e. The molecule has 1 saturated carbocycles. The van der Waals surface area contributed by atoms with E-state index in [0.717, 1.165) is 41.3 Å². The molecule has 0 bridgehead atoms. The Labute approximate surface area is 181 Å². The normalized spacial score (nSPS) is 18.4. The third-order valence-corrected chi connectivity index (χ3v) is 6.42. The van der Waals surface area contributed by atoms with Gasteiger partial charge in [-0.1, -0.05) is 30.7 Å². The van der Waals surface area contributed by atoms with E-state index in [1.165, 1.54) is 16.7 Å². The first-order valence-electron chi connectivity index (χ1n) is 10.7. The molecule has 2 heterocycles. The van der Waals surface area contributed by atoms with Crippen LogP contribution >= 0.6 is 0 Å². The van der Waals surface area contributed by atoms with E-state index in [2.05, 4.69) is 57.5 Å². The molecule has 2 unspecified atom stereocenters. The first-order valence-corrected chi connectivity index (χ1v) is 10.7. The lowest BCUT2D eigenvalue weighted by atomic mass is 9.85. The van der Waals surface area contributed by atoms with Gasteiger partial charge in [-0.3, -0.25) is 15.2 Å². The third-order valence-electron chi connectivity index (χ3n) is 6.42. The maximum atomic E-state index is 13.1. The predicted octanol–water partition coefficient (Wildman–Crippen LogP) is 5.16. The standard InChI is InChI=1S/C25H25N5O/c1-15-6-3-4-7-19(15)18-12-26-25(27-13-18)29-24(31)21-9-5-8-20(21)22-11-23-17(10-16(22)2)14-28-30-23/h3-4,6-7,10-14,20-21H,5,8-9H2,1-2H3,(H,28,30)(H,26,27,29,31). The van der Waals surface area contributed by atoms with Gasteiger partial charge < -0.3 is 0 Å². The minimum absolute atomic E-state index is 0.00440. The van der Waals surface area contributed by atoms with E-state index in [4.69, 9.17) is 0 Å². The van der Waals surface area contributed by atoms with Gasteiger partial charge in [0.25, 0.3) is 0 Å². The first-order chi connectivity index (χ1) is 15.1. The SMILES string of the molecule is Cc1ccccc1-c1cnc(NC(=O)C2CCCC2c2cc3[nH]ncc3cc2C)nc1. The van der Waals surface area contributed by atoms with Crippen LogP contribution in [0, 0.1) is 19.8 Å². The van der Waals surface area contributed by atoms with Gasteiger partial charge in [0.1, 0.15) is 0 Å². The molecule has 2 aromatic heterocycles. The molecule has 1 amide bonds. The average Bonchev–Trinajstić information content (AvgIpc) is 3.43. The van der Waals surface area contributed by atoms with E-state index in [9.17, 15) is 4.79 Å². The van der Waals surface area contributed by atoms with Crippen LogP contribution in [0.15, 0.2) is 55.0 Å². The van der Waals surface area contributed by atoms with E-state index in [-0.39, 0.29) is 17.7 Å². The number of nitrogens with one attached hydrogen (secondary N) is 2. The third kappa shape index (κ3) is 3.69. The molecule has 6 nitrogen and oxygen atoms in total. The van der Waals surface area contributed by atoms with Crippen molar-refractivity contribution in [1.82, 2.24) is 20.2 Å². The van der Waals surface area contributed by atoms with Gasteiger partial charge in [0.05, 0.1) is 11.7 Å². The van der Waals surface area contributed by atoms with Crippen LogP contribution in [0.5, 0.6) is 0 Å². The fraction of sp³-hybridized carbons (Fsp3) is 0.280. The number of aryl methyl sites for hydroxylation is 2. The highest BCUT2D eigenvalue weighted by atomic mass is 16.2. The number of H-pyrrole nitrogens is 1. The summed E-state index contributed by atoms with van der Waals surface area (Å²) in [5, 5.41) is 11.2. The van der Waals surface area contributed by atoms with E-state index < -0.39 is 0 Å². The highest BCUT2D eigenvalue weighted by Crippen LogP contribution is 2.42. The van der Waals surface area contributed by atoms with E-state index >= 15 is 0 Å². The lowest BCUT2D eigenvalue weighted by Gasteiger charge is -2.21. The van der Waals surface area contributed by atoms with Crippen molar-refractivity contribution in [1.29, 1.82) is 0 Å². The van der Waals surface area contributed by atoms with Crippen molar-refractivity contribution in [3.05, 3.63) is 71.7 Å². The van der Waals surface area contributed by atoms with Gasteiger partial charge in [0.2, 0.25) is 11.9 Å². The fourth-order valence-electron chi connectivity index (χ4n) is 4.80. The first kappa shape index (κ1) is 19.4. The van der Waals surface area contributed by atoms with Gasteiger partial charge in [0, 0.05) is 29.3 Å². The molecule has 1 fully saturated rings. The topological polar surface area (TPSA) is 83.6 Å². The molecule has 2 N–H and O–H groups in total. The van der Waals surface area contributed by atoms with Crippen molar-refractivity contribution in [2.24, 2.45) is 5.92 Å². The Morgan fingerprint density at radius 1 is 1.03 bits per heavy atom. The molecule has 156 valence electrons. The average molecular weight is 412 g/mol. The number of carbonyl (C=O) groups is 1. The Morgan fingerprint density at radius 3 is 2.65 bits per heavy atom. The van der Waals surface area contributed by atoms with Crippen LogP contribution in [0.4, 0.5) is 5.95 Å². The summed E-state index contributed by atoms with van der Waals surface area (Å²) in [6.45, 7) is 4.18. The number of carbonyl (C=O) groups excluding carboxylic acids is 1. The van der Waals surface area contributed by atoms with E-state index in [0.29, 0.717) is 5.95 Å². The number of benzene rings is 2. The molecule has 0 radical (unpaired) electrons. The summed E-state index contributed by atoms with van der Waals surface area (Å²) in [5.74, 6) is 0.460. The van der Waals surface area contributed by atoms with Crippen LogP contribution in [0.1, 0.15) is 41.9 Å². The van der Waals surface area contributed by atoms with Crippen molar-refractivity contribution in [2.75, 3.05) is 5.32 Å². The molecule has 1 aliphatic rings. The minimum atomic E-state index is -0.0845. The highest BCUT2D eigenvalue weighted by molar-refractivity contribution is 5.92. The molecule has 1 aliphatic carbocycles. The molecular weight excluding hydrogens is 386 g/mol. The van der Waals surface area contributed by atoms with Gasteiger partial charge in [-0.15, -0.1) is 0 Å². The maximum Gasteiger partial charge on any atom is 0.230 e. The Kier molecular flexibility index (Phi) is 4.98. The number of rotatable bonds is 4. The molecule has 2 aromatic carbocycles. The summed E-state index contributed by atoms with van der Waals surface area (Å²) >= 11 is 0.